The topological polar surface area (TPSA) is 93.4 Å². The molecule has 2 rings (SSSR count). The quantitative estimate of drug-likeness (QED) is 0.788. The fraction of sp³-hybridized carbons (Fsp3) is 0.467. The predicted octanol–water partition coefficient (Wildman–Crippen LogP) is 2.30. The lowest BCUT2D eigenvalue weighted by atomic mass is 9.84. The van der Waals surface area contributed by atoms with E-state index in [0.717, 1.165) is 31.7 Å². The van der Waals surface area contributed by atoms with Crippen LogP contribution in [0, 0.1) is 17.2 Å². The number of nitrogens with zero attached hydrogens (tertiary/aromatic N) is 1. The summed E-state index contributed by atoms with van der Waals surface area (Å²) in [6.45, 7) is 0. The monoisotopic (exact) mass is 274 g/mol. The summed E-state index contributed by atoms with van der Waals surface area (Å²) in [5.41, 5.74) is 0.151. The minimum atomic E-state index is -0.521. The third-order valence-corrected chi connectivity index (χ3v) is 3.71. The number of hydrogen-bond acceptors (Lipinski definition) is 4. The molecule has 1 saturated carbocycles. The van der Waals surface area contributed by atoms with Gasteiger partial charge in [0.25, 0.3) is 5.91 Å². The summed E-state index contributed by atoms with van der Waals surface area (Å²) in [7, 11) is 0. The number of rotatable bonds is 3. The third kappa shape index (κ3) is 3.41. The lowest BCUT2D eigenvalue weighted by Gasteiger charge is -2.26. The van der Waals surface area contributed by atoms with Gasteiger partial charge in [0.05, 0.1) is 6.07 Å². The Balaban J connectivity index is 2.07. The molecular formula is C15H18N2O3. The SMILES string of the molecule is N#CC(NC(=O)c1cc(O)cc(O)c1)C1CCCCC1. The Morgan fingerprint density at radius 3 is 2.35 bits per heavy atom. The first-order valence-corrected chi connectivity index (χ1v) is 6.83. The Kier molecular flexibility index (Phi) is 4.46. The molecule has 1 amide bonds. The summed E-state index contributed by atoms with van der Waals surface area (Å²) in [5.74, 6) is -0.625. The molecule has 106 valence electrons. The van der Waals surface area contributed by atoms with Gasteiger partial charge >= 0.3 is 0 Å². The van der Waals surface area contributed by atoms with Gasteiger partial charge in [-0.15, -0.1) is 0 Å². The van der Waals surface area contributed by atoms with Gasteiger partial charge in [0.15, 0.2) is 0 Å². The van der Waals surface area contributed by atoms with Gasteiger partial charge in [-0.1, -0.05) is 19.3 Å². The third-order valence-electron chi connectivity index (χ3n) is 3.71. The van der Waals surface area contributed by atoms with Crippen molar-refractivity contribution in [1.29, 1.82) is 5.26 Å². The van der Waals surface area contributed by atoms with Crippen LogP contribution in [0.3, 0.4) is 0 Å². The highest BCUT2D eigenvalue weighted by molar-refractivity contribution is 5.95. The zero-order valence-electron chi connectivity index (χ0n) is 11.2. The van der Waals surface area contributed by atoms with Crippen molar-refractivity contribution in [3.63, 3.8) is 0 Å². The van der Waals surface area contributed by atoms with E-state index in [1.165, 1.54) is 18.6 Å². The average molecular weight is 274 g/mol. The molecule has 0 spiro atoms. The Morgan fingerprint density at radius 2 is 1.80 bits per heavy atom. The van der Waals surface area contributed by atoms with Gasteiger partial charge in [-0.3, -0.25) is 4.79 Å². The van der Waals surface area contributed by atoms with Crippen molar-refractivity contribution in [2.75, 3.05) is 0 Å². The number of carbonyl (C=O) groups excluding carboxylic acids is 1. The number of amides is 1. The molecule has 5 heteroatoms. The van der Waals surface area contributed by atoms with E-state index in [0.29, 0.717) is 0 Å². The number of carbonyl (C=O) groups is 1. The summed E-state index contributed by atoms with van der Waals surface area (Å²) in [4.78, 5) is 12.1. The van der Waals surface area contributed by atoms with E-state index in [2.05, 4.69) is 11.4 Å². The van der Waals surface area contributed by atoms with Crippen LogP contribution >= 0.6 is 0 Å². The second-order valence-electron chi connectivity index (χ2n) is 5.22. The summed E-state index contributed by atoms with van der Waals surface area (Å²) in [5, 5.41) is 30.7. The summed E-state index contributed by atoms with van der Waals surface area (Å²) in [6, 6.07) is 5.31. The van der Waals surface area contributed by atoms with Crippen molar-refractivity contribution < 1.29 is 15.0 Å². The number of nitrogens with one attached hydrogen (secondary N) is 1. The zero-order chi connectivity index (χ0) is 14.5. The molecule has 1 aromatic carbocycles. The minimum absolute atomic E-state index is 0.151. The Labute approximate surface area is 117 Å². The number of aromatic hydroxyl groups is 2. The summed E-state index contributed by atoms with van der Waals surface area (Å²) >= 11 is 0. The number of phenols is 2. The molecule has 0 saturated heterocycles. The van der Waals surface area contributed by atoms with Crippen LogP contribution in [0.1, 0.15) is 42.5 Å². The van der Waals surface area contributed by atoms with Gasteiger partial charge in [-0.25, -0.2) is 0 Å². The van der Waals surface area contributed by atoms with Crippen LogP contribution in [-0.4, -0.2) is 22.2 Å². The number of hydrogen-bond donors (Lipinski definition) is 3. The van der Waals surface area contributed by atoms with E-state index in [1.54, 1.807) is 0 Å². The highest BCUT2D eigenvalue weighted by Gasteiger charge is 2.25. The van der Waals surface area contributed by atoms with Crippen LogP contribution in [0.15, 0.2) is 18.2 Å². The highest BCUT2D eigenvalue weighted by Crippen LogP contribution is 2.27. The molecule has 0 bridgehead atoms. The molecule has 3 N–H and O–H groups in total. The van der Waals surface area contributed by atoms with Crippen molar-refractivity contribution in [2.24, 2.45) is 5.92 Å². The Morgan fingerprint density at radius 1 is 1.20 bits per heavy atom. The molecule has 20 heavy (non-hydrogen) atoms. The number of nitriles is 1. The molecule has 1 aromatic rings. The number of benzene rings is 1. The van der Waals surface area contributed by atoms with Crippen molar-refractivity contribution in [3.05, 3.63) is 23.8 Å². The van der Waals surface area contributed by atoms with Crippen molar-refractivity contribution >= 4 is 5.91 Å². The van der Waals surface area contributed by atoms with Gasteiger partial charge in [-0.2, -0.15) is 5.26 Å². The Hall–Kier alpha value is -2.22. The van der Waals surface area contributed by atoms with Crippen LogP contribution in [0.25, 0.3) is 0 Å². The van der Waals surface area contributed by atoms with Gasteiger partial charge < -0.3 is 15.5 Å². The van der Waals surface area contributed by atoms with E-state index in [1.807, 2.05) is 0 Å². The van der Waals surface area contributed by atoms with E-state index >= 15 is 0 Å². The lowest BCUT2D eigenvalue weighted by molar-refractivity contribution is 0.0928. The largest absolute Gasteiger partial charge is 0.508 e. The van der Waals surface area contributed by atoms with E-state index < -0.39 is 11.9 Å². The van der Waals surface area contributed by atoms with Gasteiger partial charge in [0.2, 0.25) is 0 Å². The molecule has 0 aliphatic heterocycles. The summed E-state index contributed by atoms with van der Waals surface area (Å²) in [6.07, 6.45) is 5.26. The molecule has 0 radical (unpaired) electrons. The van der Waals surface area contributed by atoms with Crippen molar-refractivity contribution in [1.82, 2.24) is 5.32 Å². The van der Waals surface area contributed by atoms with Crippen molar-refractivity contribution in [3.8, 4) is 17.6 Å². The van der Waals surface area contributed by atoms with Gasteiger partial charge in [-0.05, 0) is 30.9 Å². The fourth-order valence-electron chi connectivity index (χ4n) is 2.67. The van der Waals surface area contributed by atoms with Crippen LogP contribution in [-0.2, 0) is 0 Å². The molecule has 5 nitrogen and oxygen atoms in total. The zero-order valence-corrected chi connectivity index (χ0v) is 11.2. The standard InChI is InChI=1S/C15H18N2O3/c16-9-14(10-4-2-1-3-5-10)17-15(20)11-6-12(18)8-13(19)7-11/h6-8,10,14,18-19H,1-5H2,(H,17,20). The maximum atomic E-state index is 12.1. The lowest BCUT2D eigenvalue weighted by Crippen LogP contribution is -2.40. The molecule has 1 aliphatic rings. The summed E-state index contributed by atoms with van der Waals surface area (Å²) < 4.78 is 0. The molecule has 1 aliphatic carbocycles. The van der Waals surface area contributed by atoms with Gasteiger partial charge in [0.1, 0.15) is 17.5 Å². The van der Waals surface area contributed by atoms with E-state index in [4.69, 9.17) is 0 Å². The molecule has 1 atom stereocenters. The van der Waals surface area contributed by atoms with Crippen LogP contribution in [0.5, 0.6) is 11.5 Å². The van der Waals surface area contributed by atoms with Crippen molar-refractivity contribution in [2.45, 2.75) is 38.1 Å². The van der Waals surface area contributed by atoms with Crippen LogP contribution in [0.4, 0.5) is 0 Å². The molecule has 1 unspecified atom stereocenters. The molecule has 1 fully saturated rings. The smallest absolute Gasteiger partial charge is 0.252 e. The maximum absolute atomic E-state index is 12.1. The predicted molar refractivity (Wildman–Crippen MR) is 73.2 cm³/mol. The normalized spacial score (nSPS) is 17.1. The minimum Gasteiger partial charge on any atom is -0.508 e. The second-order valence-corrected chi connectivity index (χ2v) is 5.22. The van der Waals surface area contributed by atoms with Crippen LogP contribution < -0.4 is 5.32 Å². The van der Waals surface area contributed by atoms with E-state index in [9.17, 15) is 20.3 Å². The number of phenolic OH excluding ortho intramolecular Hbond substituents is 2. The molecular weight excluding hydrogens is 256 g/mol. The molecule has 0 aromatic heterocycles. The fourth-order valence-corrected chi connectivity index (χ4v) is 2.67. The molecule has 0 heterocycles. The van der Waals surface area contributed by atoms with E-state index in [-0.39, 0.29) is 23.0 Å². The maximum Gasteiger partial charge on any atom is 0.252 e. The van der Waals surface area contributed by atoms with Gasteiger partial charge in [0, 0.05) is 11.6 Å². The highest BCUT2D eigenvalue weighted by atomic mass is 16.3. The first kappa shape index (κ1) is 14.2. The average Bonchev–Trinajstić information content (AvgIpc) is 2.44. The first-order chi connectivity index (χ1) is 9.60. The first-order valence-electron chi connectivity index (χ1n) is 6.83. The Bertz CT molecular complexity index is 510. The van der Waals surface area contributed by atoms with Crippen LogP contribution in [0.2, 0.25) is 0 Å². The second kappa shape index (κ2) is 6.29.